The molecule has 162 valence electrons. The lowest BCUT2D eigenvalue weighted by atomic mass is 9.85. The second-order valence-corrected chi connectivity index (χ2v) is 8.67. The zero-order valence-corrected chi connectivity index (χ0v) is 18.2. The van der Waals surface area contributed by atoms with Crippen LogP contribution in [-0.2, 0) is 6.54 Å². The van der Waals surface area contributed by atoms with Crippen molar-refractivity contribution < 1.29 is 19.4 Å². The molecule has 1 aliphatic heterocycles. The molecule has 1 N–H and O–H groups in total. The summed E-state index contributed by atoms with van der Waals surface area (Å²) in [4.78, 5) is 24.1. The topological polar surface area (TPSA) is 95.6 Å². The number of benzene rings is 1. The first-order valence-corrected chi connectivity index (χ1v) is 9.94. The fourth-order valence-electron chi connectivity index (χ4n) is 4.10. The smallest absolute Gasteiger partial charge is 0.341 e. The zero-order valence-electron chi connectivity index (χ0n) is 18.2. The summed E-state index contributed by atoms with van der Waals surface area (Å²) in [6, 6.07) is 8.77. The van der Waals surface area contributed by atoms with E-state index in [1.807, 2.05) is 33.5 Å². The van der Waals surface area contributed by atoms with Gasteiger partial charge in [-0.2, -0.15) is 5.10 Å². The maximum absolute atomic E-state index is 12.5. The number of para-hydroxylation sites is 1. The van der Waals surface area contributed by atoms with Gasteiger partial charge in [0.1, 0.15) is 5.56 Å². The van der Waals surface area contributed by atoms with Crippen LogP contribution in [0.15, 0.2) is 41.3 Å². The van der Waals surface area contributed by atoms with E-state index in [0.29, 0.717) is 29.4 Å². The number of aromatic carboxylic acids is 1. The van der Waals surface area contributed by atoms with Gasteiger partial charge in [-0.3, -0.25) is 9.48 Å². The standard InChI is InChI=1S/C23H25N3O5/c1-23(2,3)20-12-26-17(16-10-18(27)14(22(28)29)11-25(16)20)9-15(24-26)13-7-6-8-19(30-4)21(13)31-5/h6-11,20H,12H2,1-5H3,(H,28,29)/t20-/m0/s1. The fourth-order valence-corrected chi connectivity index (χ4v) is 4.10. The van der Waals surface area contributed by atoms with Gasteiger partial charge in [-0.15, -0.1) is 0 Å². The van der Waals surface area contributed by atoms with Crippen LogP contribution in [0, 0.1) is 5.41 Å². The van der Waals surface area contributed by atoms with Crippen LogP contribution in [0.25, 0.3) is 22.6 Å². The SMILES string of the molecule is COc1cccc(-c2cc3n(n2)C[C@@H](C(C)(C)C)n2cc(C(=O)O)c(=O)cc2-3)c1OC. The Kier molecular flexibility index (Phi) is 4.88. The molecule has 3 heterocycles. The maximum Gasteiger partial charge on any atom is 0.341 e. The molecular formula is C23H25N3O5. The molecule has 0 unspecified atom stereocenters. The highest BCUT2D eigenvalue weighted by Gasteiger charge is 2.34. The number of fused-ring (bicyclic) bond motifs is 3. The van der Waals surface area contributed by atoms with Gasteiger partial charge in [0.2, 0.25) is 0 Å². The molecule has 4 rings (SSSR count). The quantitative estimate of drug-likeness (QED) is 0.688. The summed E-state index contributed by atoms with van der Waals surface area (Å²) < 4.78 is 14.7. The average molecular weight is 423 g/mol. The van der Waals surface area contributed by atoms with Crippen LogP contribution >= 0.6 is 0 Å². The number of carboxylic acids is 1. The molecule has 1 atom stereocenters. The number of carbonyl (C=O) groups is 1. The second kappa shape index (κ2) is 7.30. The van der Waals surface area contributed by atoms with E-state index in [1.165, 1.54) is 12.3 Å². The normalized spacial score (nSPS) is 15.2. The number of aromatic nitrogens is 3. The minimum Gasteiger partial charge on any atom is -0.493 e. The predicted molar refractivity (Wildman–Crippen MR) is 116 cm³/mol. The van der Waals surface area contributed by atoms with Gasteiger partial charge >= 0.3 is 5.97 Å². The Bertz CT molecular complexity index is 1230. The lowest BCUT2D eigenvalue weighted by Crippen LogP contribution is -2.35. The van der Waals surface area contributed by atoms with Crippen LogP contribution in [0.2, 0.25) is 0 Å². The van der Waals surface area contributed by atoms with Crippen molar-refractivity contribution in [1.82, 2.24) is 14.3 Å². The van der Waals surface area contributed by atoms with Gasteiger partial charge in [-0.05, 0) is 23.6 Å². The highest BCUT2D eigenvalue weighted by molar-refractivity contribution is 5.87. The Balaban J connectivity index is 1.95. The molecule has 1 aliphatic rings. The molecule has 2 aromatic heterocycles. The van der Waals surface area contributed by atoms with Crippen LogP contribution in [-0.4, -0.2) is 39.6 Å². The lowest BCUT2D eigenvalue weighted by molar-refractivity contribution is 0.0693. The van der Waals surface area contributed by atoms with Crippen molar-refractivity contribution in [2.45, 2.75) is 33.4 Å². The van der Waals surface area contributed by atoms with E-state index >= 15 is 0 Å². The summed E-state index contributed by atoms with van der Waals surface area (Å²) in [7, 11) is 3.16. The van der Waals surface area contributed by atoms with E-state index < -0.39 is 11.4 Å². The first-order chi connectivity index (χ1) is 14.7. The minimum absolute atomic E-state index is 0.0892. The van der Waals surface area contributed by atoms with Gasteiger partial charge in [-0.25, -0.2) is 4.79 Å². The Hall–Kier alpha value is -3.55. The third kappa shape index (κ3) is 3.37. The van der Waals surface area contributed by atoms with Crippen molar-refractivity contribution in [3.8, 4) is 34.1 Å². The molecule has 8 heteroatoms. The van der Waals surface area contributed by atoms with E-state index in [9.17, 15) is 14.7 Å². The third-order valence-electron chi connectivity index (χ3n) is 5.71. The maximum atomic E-state index is 12.5. The van der Waals surface area contributed by atoms with E-state index in [0.717, 1.165) is 11.3 Å². The van der Waals surface area contributed by atoms with Crippen molar-refractivity contribution >= 4 is 5.97 Å². The minimum atomic E-state index is -1.23. The van der Waals surface area contributed by atoms with Crippen LogP contribution in [0.4, 0.5) is 0 Å². The van der Waals surface area contributed by atoms with Crippen LogP contribution in [0.1, 0.15) is 37.2 Å². The van der Waals surface area contributed by atoms with Crippen molar-refractivity contribution in [2.24, 2.45) is 5.41 Å². The summed E-state index contributed by atoms with van der Waals surface area (Å²) >= 11 is 0. The molecule has 3 aromatic rings. The van der Waals surface area contributed by atoms with Gasteiger partial charge in [0.15, 0.2) is 16.9 Å². The Labute approximate surface area is 179 Å². The van der Waals surface area contributed by atoms with E-state index in [2.05, 4.69) is 20.8 Å². The monoisotopic (exact) mass is 423 g/mol. The van der Waals surface area contributed by atoms with E-state index in [-0.39, 0.29) is 17.0 Å². The van der Waals surface area contributed by atoms with Crippen LogP contribution < -0.4 is 14.9 Å². The van der Waals surface area contributed by atoms with E-state index in [4.69, 9.17) is 14.6 Å². The van der Waals surface area contributed by atoms with Gasteiger partial charge in [-0.1, -0.05) is 26.8 Å². The number of pyridine rings is 1. The number of methoxy groups -OCH3 is 2. The van der Waals surface area contributed by atoms with Crippen molar-refractivity contribution in [3.63, 3.8) is 0 Å². The summed E-state index contributed by atoms with van der Waals surface area (Å²) in [6.07, 6.45) is 1.46. The molecule has 8 nitrogen and oxygen atoms in total. The number of nitrogens with zero attached hydrogens (tertiary/aromatic N) is 3. The summed E-state index contributed by atoms with van der Waals surface area (Å²) in [5, 5.41) is 14.3. The molecule has 31 heavy (non-hydrogen) atoms. The molecule has 0 amide bonds. The Morgan fingerprint density at radius 3 is 2.52 bits per heavy atom. The highest BCUT2D eigenvalue weighted by atomic mass is 16.5. The van der Waals surface area contributed by atoms with Crippen molar-refractivity contribution in [2.75, 3.05) is 14.2 Å². The summed E-state index contributed by atoms with van der Waals surface area (Å²) in [6.45, 7) is 6.79. The molecule has 0 spiro atoms. The van der Waals surface area contributed by atoms with Crippen molar-refractivity contribution in [3.05, 3.63) is 52.3 Å². The third-order valence-corrected chi connectivity index (χ3v) is 5.71. The predicted octanol–water partition coefficient (Wildman–Crippen LogP) is 3.70. The fraction of sp³-hybridized carbons (Fsp3) is 0.348. The van der Waals surface area contributed by atoms with Gasteiger partial charge in [0.25, 0.3) is 0 Å². The largest absolute Gasteiger partial charge is 0.493 e. The average Bonchev–Trinajstić information content (AvgIpc) is 3.15. The van der Waals surface area contributed by atoms with Gasteiger partial charge in [0, 0.05) is 17.8 Å². The zero-order chi connectivity index (χ0) is 22.5. The van der Waals surface area contributed by atoms with Gasteiger partial charge in [0.05, 0.1) is 43.9 Å². The number of rotatable bonds is 4. The number of hydrogen-bond donors (Lipinski definition) is 1. The number of ether oxygens (including phenoxy) is 2. The van der Waals surface area contributed by atoms with Gasteiger partial charge < -0.3 is 19.1 Å². The first kappa shape index (κ1) is 20.7. The highest BCUT2D eigenvalue weighted by Crippen LogP contribution is 2.42. The molecular weight excluding hydrogens is 398 g/mol. The molecule has 0 aliphatic carbocycles. The number of hydrogen-bond acceptors (Lipinski definition) is 5. The molecule has 1 aromatic carbocycles. The Morgan fingerprint density at radius 2 is 1.90 bits per heavy atom. The number of carboxylic acid groups (broad SMARTS) is 1. The van der Waals surface area contributed by atoms with Crippen LogP contribution in [0.3, 0.4) is 0 Å². The van der Waals surface area contributed by atoms with Crippen molar-refractivity contribution in [1.29, 1.82) is 0 Å². The van der Waals surface area contributed by atoms with E-state index in [1.54, 1.807) is 14.2 Å². The molecule has 0 fully saturated rings. The summed E-state index contributed by atoms with van der Waals surface area (Å²) in [5.41, 5.74) is 1.88. The lowest BCUT2D eigenvalue weighted by Gasteiger charge is -2.38. The Morgan fingerprint density at radius 1 is 1.16 bits per heavy atom. The second-order valence-electron chi connectivity index (χ2n) is 8.67. The van der Waals surface area contributed by atoms with Crippen LogP contribution in [0.5, 0.6) is 11.5 Å². The summed E-state index contributed by atoms with van der Waals surface area (Å²) in [5.74, 6) is -0.0541. The first-order valence-electron chi connectivity index (χ1n) is 9.94. The molecule has 0 saturated carbocycles. The molecule has 0 saturated heterocycles. The molecule has 0 bridgehead atoms. The molecule has 0 radical (unpaired) electrons.